The van der Waals surface area contributed by atoms with Gasteiger partial charge in [0.25, 0.3) is 0 Å². The van der Waals surface area contributed by atoms with Crippen LogP contribution in [0.3, 0.4) is 0 Å². The van der Waals surface area contributed by atoms with Crippen LogP contribution in [-0.4, -0.2) is 39.0 Å². The van der Waals surface area contributed by atoms with Gasteiger partial charge < -0.3 is 14.6 Å². The summed E-state index contributed by atoms with van der Waals surface area (Å²) in [6.07, 6.45) is 1.33. The molecule has 0 spiro atoms. The van der Waals surface area contributed by atoms with Gasteiger partial charge in [0.1, 0.15) is 17.8 Å². The maximum atomic E-state index is 11.9. The van der Waals surface area contributed by atoms with Crippen LogP contribution < -0.4 is 13.8 Å². The molecule has 1 heterocycles. The van der Waals surface area contributed by atoms with E-state index in [1.165, 1.54) is 12.1 Å². The fourth-order valence-electron chi connectivity index (χ4n) is 1.88. The molecule has 1 aliphatic heterocycles. The van der Waals surface area contributed by atoms with Crippen molar-refractivity contribution < 1.29 is 23.1 Å². The Kier molecular flexibility index (Phi) is 4.15. The van der Waals surface area contributed by atoms with Gasteiger partial charge in [0.2, 0.25) is 0 Å². The minimum Gasteiger partial charge on any atom is -0.506 e. The van der Waals surface area contributed by atoms with Crippen LogP contribution in [0.1, 0.15) is 13.3 Å². The standard InChI is InChI=1S/C12H16N2O5S/c1-2-5-19-10-3-4-12(16)11(6-10)14-7-9(8-15)13-20(14,17)18/h3-4,6,8-9,13,16H,2,5,7H2,1H3. The molecule has 1 unspecified atom stereocenters. The first-order chi connectivity index (χ1) is 9.47. The fourth-order valence-corrected chi connectivity index (χ4v) is 3.28. The van der Waals surface area contributed by atoms with E-state index in [0.717, 1.165) is 10.7 Å². The lowest BCUT2D eigenvalue weighted by molar-refractivity contribution is -0.108. The normalized spacial score (nSPS) is 20.9. The Balaban J connectivity index is 2.34. The van der Waals surface area contributed by atoms with Crippen molar-refractivity contribution in [3.8, 4) is 11.5 Å². The molecular weight excluding hydrogens is 284 g/mol. The van der Waals surface area contributed by atoms with Crippen molar-refractivity contribution in [1.29, 1.82) is 0 Å². The Morgan fingerprint density at radius 1 is 1.55 bits per heavy atom. The Morgan fingerprint density at radius 3 is 2.90 bits per heavy atom. The number of phenols is 1. The molecule has 1 aromatic rings. The molecule has 0 bridgehead atoms. The Morgan fingerprint density at radius 2 is 2.30 bits per heavy atom. The monoisotopic (exact) mass is 300 g/mol. The van der Waals surface area contributed by atoms with Crippen LogP contribution in [0.15, 0.2) is 18.2 Å². The number of rotatable bonds is 5. The lowest BCUT2D eigenvalue weighted by Crippen LogP contribution is -2.30. The SMILES string of the molecule is CCCOc1ccc(O)c(N2CC(C=O)NS2(=O)=O)c1. The molecule has 7 nitrogen and oxygen atoms in total. The number of anilines is 1. The molecule has 1 aliphatic rings. The van der Waals surface area contributed by atoms with E-state index < -0.39 is 16.3 Å². The highest BCUT2D eigenvalue weighted by molar-refractivity contribution is 7.91. The summed E-state index contributed by atoms with van der Waals surface area (Å²) in [6, 6.07) is 3.54. The van der Waals surface area contributed by atoms with Crippen LogP contribution >= 0.6 is 0 Å². The van der Waals surface area contributed by atoms with Crippen molar-refractivity contribution in [2.75, 3.05) is 17.5 Å². The van der Waals surface area contributed by atoms with Gasteiger partial charge in [-0.1, -0.05) is 6.92 Å². The first-order valence-corrected chi connectivity index (χ1v) is 7.63. The van der Waals surface area contributed by atoms with Crippen LogP contribution in [0, 0.1) is 0 Å². The topological polar surface area (TPSA) is 95.9 Å². The van der Waals surface area contributed by atoms with Gasteiger partial charge >= 0.3 is 10.2 Å². The molecule has 1 atom stereocenters. The zero-order valence-corrected chi connectivity index (χ0v) is 11.8. The number of carbonyl (C=O) groups is 1. The minimum atomic E-state index is -3.82. The molecular formula is C12H16N2O5S. The van der Waals surface area contributed by atoms with Crippen LogP contribution in [-0.2, 0) is 15.0 Å². The van der Waals surface area contributed by atoms with Crippen molar-refractivity contribution >= 4 is 22.2 Å². The van der Waals surface area contributed by atoms with Gasteiger partial charge in [-0.3, -0.25) is 4.31 Å². The van der Waals surface area contributed by atoms with Gasteiger partial charge in [-0.05, 0) is 18.6 Å². The van der Waals surface area contributed by atoms with E-state index in [2.05, 4.69) is 4.72 Å². The number of ether oxygens (including phenoxy) is 1. The number of hydrogen-bond acceptors (Lipinski definition) is 5. The van der Waals surface area contributed by atoms with Crippen molar-refractivity contribution in [2.24, 2.45) is 0 Å². The van der Waals surface area contributed by atoms with Crippen LogP contribution in [0.25, 0.3) is 0 Å². The minimum absolute atomic E-state index is 0.0589. The second-order valence-electron chi connectivity index (χ2n) is 4.40. The average molecular weight is 300 g/mol. The summed E-state index contributed by atoms with van der Waals surface area (Å²) >= 11 is 0. The van der Waals surface area contributed by atoms with E-state index >= 15 is 0 Å². The summed E-state index contributed by atoms with van der Waals surface area (Å²) in [4.78, 5) is 10.7. The predicted octanol–water partition coefficient (Wildman–Crippen LogP) is 0.403. The van der Waals surface area contributed by atoms with Crippen LogP contribution in [0.2, 0.25) is 0 Å². The lowest BCUT2D eigenvalue weighted by Gasteiger charge is -2.18. The van der Waals surface area contributed by atoms with Crippen molar-refractivity contribution in [3.63, 3.8) is 0 Å². The molecule has 1 aromatic carbocycles. The second-order valence-corrected chi connectivity index (χ2v) is 6.02. The van der Waals surface area contributed by atoms with Gasteiger partial charge in [0.05, 0.1) is 24.9 Å². The average Bonchev–Trinajstić information content (AvgIpc) is 2.73. The molecule has 0 radical (unpaired) electrons. The third-order valence-electron chi connectivity index (χ3n) is 2.81. The zero-order chi connectivity index (χ0) is 14.8. The zero-order valence-electron chi connectivity index (χ0n) is 10.9. The third-order valence-corrected chi connectivity index (χ3v) is 4.33. The number of hydrogen-bond donors (Lipinski definition) is 2. The molecule has 8 heteroatoms. The number of nitrogens with zero attached hydrogens (tertiary/aromatic N) is 1. The number of carbonyl (C=O) groups excluding carboxylic acids is 1. The molecule has 110 valence electrons. The van der Waals surface area contributed by atoms with E-state index in [0.29, 0.717) is 18.6 Å². The third kappa shape index (κ3) is 2.86. The summed E-state index contributed by atoms with van der Waals surface area (Å²) in [7, 11) is -3.82. The lowest BCUT2D eigenvalue weighted by atomic mass is 10.2. The summed E-state index contributed by atoms with van der Waals surface area (Å²) in [6.45, 7) is 2.38. The van der Waals surface area contributed by atoms with Crippen molar-refractivity contribution in [1.82, 2.24) is 4.72 Å². The molecule has 0 aromatic heterocycles. The number of benzene rings is 1. The Bertz CT molecular complexity index is 602. The summed E-state index contributed by atoms with van der Waals surface area (Å²) < 4.78 is 32.4. The second kappa shape index (κ2) is 5.68. The van der Waals surface area contributed by atoms with E-state index in [1.54, 1.807) is 6.07 Å². The molecule has 2 rings (SSSR count). The van der Waals surface area contributed by atoms with Gasteiger partial charge in [0, 0.05) is 6.07 Å². The molecule has 2 N–H and O–H groups in total. The fraction of sp³-hybridized carbons (Fsp3) is 0.417. The summed E-state index contributed by atoms with van der Waals surface area (Å²) in [5, 5.41) is 9.83. The van der Waals surface area contributed by atoms with Crippen molar-refractivity contribution in [2.45, 2.75) is 19.4 Å². The Labute approximate surface area is 117 Å². The molecule has 20 heavy (non-hydrogen) atoms. The summed E-state index contributed by atoms with van der Waals surface area (Å²) in [5.74, 6) is 0.273. The largest absolute Gasteiger partial charge is 0.506 e. The highest BCUT2D eigenvalue weighted by Crippen LogP contribution is 2.34. The predicted molar refractivity (Wildman–Crippen MR) is 73.1 cm³/mol. The molecule has 0 aliphatic carbocycles. The van der Waals surface area contributed by atoms with E-state index in [9.17, 15) is 18.3 Å². The molecule has 0 saturated carbocycles. The van der Waals surface area contributed by atoms with Gasteiger partial charge in [0.15, 0.2) is 0 Å². The maximum Gasteiger partial charge on any atom is 0.302 e. The van der Waals surface area contributed by atoms with Gasteiger partial charge in [-0.25, -0.2) is 0 Å². The molecule has 0 amide bonds. The van der Waals surface area contributed by atoms with Crippen molar-refractivity contribution in [3.05, 3.63) is 18.2 Å². The van der Waals surface area contributed by atoms with E-state index in [-0.39, 0.29) is 18.0 Å². The van der Waals surface area contributed by atoms with Gasteiger partial charge in [-0.15, -0.1) is 0 Å². The smallest absolute Gasteiger partial charge is 0.302 e. The molecule has 1 saturated heterocycles. The highest BCUT2D eigenvalue weighted by atomic mass is 32.2. The maximum absolute atomic E-state index is 11.9. The van der Waals surface area contributed by atoms with Crippen LogP contribution in [0.4, 0.5) is 5.69 Å². The first kappa shape index (κ1) is 14.6. The number of nitrogens with one attached hydrogen (secondary N) is 1. The van der Waals surface area contributed by atoms with E-state index in [4.69, 9.17) is 4.74 Å². The number of aromatic hydroxyl groups is 1. The quantitative estimate of drug-likeness (QED) is 0.768. The molecule has 1 fully saturated rings. The Hall–Kier alpha value is -1.80. The van der Waals surface area contributed by atoms with Crippen LogP contribution in [0.5, 0.6) is 11.5 Å². The van der Waals surface area contributed by atoms with Gasteiger partial charge in [-0.2, -0.15) is 13.1 Å². The number of phenolic OH excluding ortho intramolecular Hbond substituents is 1. The summed E-state index contributed by atoms with van der Waals surface area (Å²) in [5.41, 5.74) is 0.0930. The van der Waals surface area contributed by atoms with E-state index in [1.807, 2.05) is 6.92 Å². The first-order valence-electron chi connectivity index (χ1n) is 6.19. The highest BCUT2D eigenvalue weighted by Gasteiger charge is 2.36. The number of aldehydes is 1.